The maximum Gasteiger partial charge on any atom is 0.308 e. The molecule has 1 atom stereocenters. The molecular weight excluding hydrogens is 294 g/mol. The molecule has 1 amide bonds. The fourth-order valence-electron chi connectivity index (χ4n) is 2.28. The molecule has 1 fully saturated rings. The number of carboxylic acid groups (broad SMARTS) is 1. The van der Waals surface area contributed by atoms with Crippen molar-refractivity contribution in [3.63, 3.8) is 0 Å². The molecule has 1 N–H and O–H groups in total. The predicted molar refractivity (Wildman–Crippen MR) is 76.9 cm³/mol. The number of hydrogen-bond donors (Lipinski definition) is 1. The number of carbonyl (C=O) groups is 2. The summed E-state index contributed by atoms with van der Waals surface area (Å²) in [7, 11) is -3.55. The number of aliphatic carboxylic acids is 1. The SMILES string of the molecule is CC(C)S(=O)(=O)c1ccccc1N1CC(C(=O)O)CC1=O. The maximum atomic E-state index is 12.4. The van der Waals surface area contributed by atoms with E-state index in [1.807, 2.05) is 0 Å². The van der Waals surface area contributed by atoms with Crippen molar-refractivity contribution in [1.82, 2.24) is 0 Å². The van der Waals surface area contributed by atoms with Crippen molar-refractivity contribution in [2.75, 3.05) is 11.4 Å². The first kappa shape index (κ1) is 15.5. The lowest BCUT2D eigenvalue weighted by Gasteiger charge is -2.21. The largest absolute Gasteiger partial charge is 0.481 e. The topological polar surface area (TPSA) is 91.8 Å². The lowest BCUT2D eigenvalue weighted by molar-refractivity contribution is -0.141. The Balaban J connectivity index is 2.47. The first-order valence-corrected chi connectivity index (χ1v) is 8.16. The number of carbonyl (C=O) groups excluding carboxylic acids is 1. The van der Waals surface area contributed by atoms with Crippen LogP contribution in [0.2, 0.25) is 0 Å². The van der Waals surface area contributed by atoms with Gasteiger partial charge in [-0.15, -0.1) is 0 Å². The van der Waals surface area contributed by atoms with Crippen LogP contribution in [0.25, 0.3) is 0 Å². The van der Waals surface area contributed by atoms with E-state index >= 15 is 0 Å². The third kappa shape index (κ3) is 2.78. The quantitative estimate of drug-likeness (QED) is 0.905. The molecule has 0 radical (unpaired) electrons. The van der Waals surface area contributed by atoms with Crippen LogP contribution in [0, 0.1) is 5.92 Å². The highest BCUT2D eigenvalue weighted by molar-refractivity contribution is 7.92. The van der Waals surface area contributed by atoms with E-state index in [0.29, 0.717) is 0 Å². The second-order valence-corrected chi connectivity index (χ2v) is 7.78. The van der Waals surface area contributed by atoms with Gasteiger partial charge < -0.3 is 10.0 Å². The van der Waals surface area contributed by atoms with Crippen molar-refractivity contribution in [1.29, 1.82) is 0 Å². The van der Waals surface area contributed by atoms with Gasteiger partial charge in [0.05, 0.1) is 21.8 Å². The van der Waals surface area contributed by atoms with Gasteiger partial charge in [0.25, 0.3) is 0 Å². The average molecular weight is 311 g/mol. The van der Waals surface area contributed by atoms with Crippen molar-refractivity contribution >= 4 is 27.4 Å². The number of nitrogens with zero attached hydrogens (tertiary/aromatic N) is 1. The molecule has 21 heavy (non-hydrogen) atoms. The minimum Gasteiger partial charge on any atom is -0.481 e. The fraction of sp³-hybridized carbons (Fsp3) is 0.429. The van der Waals surface area contributed by atoms with Crippen molar-refractivity contribution in [2.24, 2.45) is 5.92 Å². The zero-order chi connectivity index (χ0) is 15.8. The van der Waals surface area contributed by atoms with E-state index in [1.165, 1.54) is 17.0 Å². The van der Waals surface area contributed by atoms with E-state index in [1.54, 1.807) is 26.0 Å². The Labute approximate surface area is 123 Å². The summed E-state index contributed by atoms with van der Waals surface area (Å²) in [6.07, 6.45) is -0.106. The van der Waals surface area contributed by atoms with Crippen LogP contribution in [0.4, 0.5) is 5.69 Å². The van der Waals surface area contributed by atoms with E-state index < -0.39 is 27.0 Å². The molecule has 0 bridgehead atoms. The number of anilines is 1. The van der Waals surface area contributed by atoms with Crippen LogP contribution in [0.3, 0.4) is 0 Å². The smallest absolute Gasteiger partial charge is 0.308 e. The molecule has 1 aliphatic rings. The summed E-state index contributed by atoms with van der Waals surface area (Å²) in [6.45, 7) is 3.13. The van der Waals surface area contributed by atoms with E-state index in [-0.39, 0.29) is 29.5 Å². The van der Waals surface area contributed by atoms with Gasteiger partial charge in [-0.1, -0.05) is 12.1 Å². The minimum absolute atomic E-state index is 0.00120. The summed E-state index contributed by atoms with van der Waals surface area (Å²) in [5.41, 5.74) is 0.264. The van der Waals surface area contributed by atoms with Crippen LogP contribution in [0.1, 0.15) is 20.3 Å². The molecule has 1 unspecified atom stereocenters. The third-order valence-electron chi connectivity index (χ3n) is 3.56. The number of amides is 1. The molecule has 0 saturated carbocycles. The Morgan fingerprint density at radius 2 is 1.95 bits per heavy atom. The van der Waals surface area contributed by atoms with E-state index in [0.717, 1.165) is 0 Å². The predicted octanol–water partition coefficient (Wildman–Crippen LogP) is 1.31. The molecule has 0 aliphatic carbocycles. The molecule has 1 saturated heterocycles. The van der Waals surface area contributed by atoms with Crippen LogP contribution in [-0.2, 0) is 19.4 Å². The van der Waals surface area contributed by atoms with Gasteiger partial charge in [0.2, 0.25) is 5.91 Å². The van der Waals surface area contributed by atoms with Gasteiger partial charge in [0.15, 0.2) is 9.84 Å². The summed E-state index contributed by atoms with van der Waals surface area (Å²) >= 11 is 0. The number of hydrogen-bond acceptors (Lipinski definition) is 4. The first-order chi connectivity index (χ1) is 9.75. The summed E-state index contributed by atoms with van der Waals surface area (Å²) in [4.78, 5) is 24.4. The van der Waals surface area contributed by atoms with Gasteiger partial charge in [0.1, 0.15) is 0 Å². The summed E-state index contributed by atoms with van der Waals surface area (Å²) in [5.74, 6) is -2.21. The highest BCUT2D eigenvalue weighted by atomic mass is 32.2. The Kier molecular flexibility index (Phi) is 4.04. The van der Waals surface area contributed by atoms with Crippen molar-refractivity contribution in [2.45, 2.75) is 30.4 Å². The second-order valence-electron chi connectivity index (χ2n) is 5.31. The number of rotatable bonds is 4. The molecule has 0 aromatic heterocycles. The van der Waals surface area contributed by atoms with Crippen LogP contribution in [0.5, 0.6) is 0 Å². The molecule has 1 aromatic rings. The number of sulfone groups is 1. The van der Waals surface area contributed by atoms with Crippen LogP contribution in [0.15, 0.2) is 29.2 Å². The van der Waals surface area contributed by atoms with Crippen molar-refractivity contribution < 1.29 is 23.1 Å². The number of para-hydroxylation sites is 1. The zero-order valence-corrected chi connectivity index (χ0v) is 12.6. The fourth-order valence-corrected chi connectivity index (χ4v) is 3.53. The van der Waals surface area contributed by atoms with E-state index in [4.69, 9.17) is 5.11 Å². The van der Waals surface area contributed by atoms with Gasteiger partial charge in [-0.3, -0.25) is 9.59 Å². The van der Waals surface area contributed by atoms with Gasteiger partial charge in [0, 0.05) is 13.0 Å². The zero-order valence-electron chi connectivity index (χ0n) is 11.8. The lowest BCUT2D eigenvalue weighted by Crippen LogP contribution is -2.28. The average Bonchev–Trinajstić information content (AvgIpc) is 2.81. The molecule has 6 nitrogen and oxygen atoms in total. The van der Waals surface area contributed by atoms with Crippen LogP contribution >= 0.6 is 0 Å². The Hall–Kier alpha value is -1.89. The van der Waals surface area contributed by atoms with Gasteiger partial charge in [-0.05, 0) is 26.0 Å². The van der Waals surface area contributed by atoms with Gasteiger partial charge >= 0.3 is 5.97 Å². The van der Waals surface area contributed by atoms with E-state index in [2.05, 4.69) is 0 Å². The Morgan fingerprint density at radius 3 is 2.48 bits per heavy atom. The monoisotopic (exact) mass is 311 g/mol. The first-order valence-electron chi connectivity index (χ1n) is 6.61. The van der Waals surface area contributed by atoms with Crippen molar-refractivity contribution in [3.8, 4) is 0 Å². The molecule has 1 heterocycles. The molecule has 114 valence electrons. The summed E-state index contributed by atoms with van der Waals surface area (Å²) < 4.78 is 24.8. The van der Waals surface area contributed by atoms with Crippen LogP contribution in [-0.4, -0.2) is 37.2 Å². The van der Waals surface area contributed by atoms with Gasteiger partial charge in [-0.25, -0.2) is 8.42 Å². The highest BCUT2D eigenvalue weighted by Gasteiger charge is 2.37. The lowest BCUT2D eigenvalue weighted by atomic mass is 10.1. The summed E-state index contributed by atoms with van der Waals surface area (Å²) in [6, 6.07) is 6.22. The Bertz CT molecular complexity index is 680. The molecule has 1 aromatic carbocycles. The van der Waals surface area contributed by atoms with Crippen molar-refractivity contribution in [3.05, 3.63) is 24.3 Å². The molecule has 0 spiro atoms. The second kappa shape index (κ2) is 5.48. The van der Waals surface area contributed by atoms with Crippen LogP contribution < -0.4 is 4.90 Å². The highest BCUT2D eigenvalue weighted by Crippen LogP contribution is 2.32. The normalized spacial score (nSPS) is 19.3. The molecule has 2 rings (SSSR count). The number of carboxylic acids is 1. The van der Waals surface area contributed by atoms with E-state index in [9.17, 15) is 18.0 Å². The third-order valence-corrected chi connectivity index (χ3v) is 5.76. The number of benzene rings is 1. The van der Waals surface area contributed by atoms with Gasteiger partial charge in [-0.2, -0.15) is 0 Å². The summed E-state index contributed by atoms with van der Waals surface area (Å²) in [5, 5.41) is 8.40. The Morgan fingerprint density at radius 1 is 1.33 bits per heavy atom. The standard InChI is InChI=1S/C14H17NO5S/c1-9(2)21(19,20)12-6-4-3-5-11(12)15-8-10(14(17)18)7-13(15)16/h3-6,9-10H,7-8H2,1-2H3,(H,17,18). The molecular formula is C14H17NO5S. The molecule has 7 heteroatoms. The minimum atomic E-state index is -3.55. The molecule has 1 aliphatic heterocycles. The maximum absolute atomic E-state index is 12.4.